The van der Waals surface area contributed by atoms with Gasteiger partial charge in [-0.3, -0.25) is 0 Å². The molecule has 4 nitrogen and oxygen atoms in total. The summed E-state index contributed by atoms with van der Waals surface area (Å²) in [5.74, 6) is -0.811. The first-order chi connectivity index (χ1) is 9.95. The Labute approximate surface area is 131 Å². The molecule has 0 aliphatic carbocycles. The van der Waals surface area contributed by atoms with Crippen molar-refractivity contribution in [3.8, 4) is 0 Å². The van der Waals surface area contributed by atoms with Crippen LogP contribution in [0.2, 0.25) is 0 Å². The van der Waals surface area contributed by atoms with E-state index in [0.717, 1.165) is 0 Å². The van der Waals surface area contributed by atoms with E-state index in [-0.39, 0.29) is 16.2 Å². The molecule has 21 heavy (non-hydrogen) atoms. The minimum atomic E-state index is -3.56. The van der Waals surface area contributed by atoms with Gasteiger partial charge in [0.1, 0.15) is 0 Å². The Morgan fingerprint density at radius 2 is 1.71 bits per heavy atom. The van der Waals surface area contributed by atoms with Gasteiger partial charge in [-0.25, -0.2) is 13.2 Å². The second kappa shape index (κ2) is 6.41. The summed E-state index contributed by atoms with van der Waals surface area (Å²) in [7, 11) is -2.30. The van der Waals surface area contributed by atoms with Crippen molar-refractivity contribution in [2.75, 3.05) is 7.11 Å². The number of sulfone groups is 1. The number of halogens is 1. The molecule has 0 aliphatic heterocycles. The number of esters is 1. The number of benzene rings is 2. The minimum Gasteiger partial charge on any atom is -0.465 e. The van der Waals surface area contributed by atoms with E-state index in [4.69, 9.17) is 0 Å². The van der Waals surface area contributed by atoms with Crippen LogP contribution in [0.25, 0.3) is 0 Å². The summed E-state index contributed by atoms with van der Waals surface area (Å²) in [6.45, 7) is 0. The first kappa shape index (κ1) is 15.7. The van der Waals surface area contributed by atoms with E-state index in [1.807, 2.05) is 0 Å². The Kier molecular flexibility index (Phi) is 4.80. The quantitative estimate of drug-likeness (QED) is 0.777. The first-order valence-corrected chi connectivity index (χ1v) is 8.54. The molecule has 0 fully saturated rings. The smallest absolute Gasteiger partial charge is 0.338 e. The molecule has 0 saturated heterocycles. The molecule has 6 heteroatoms. The van der Waals surface area contributed by atoms with Crippen LogP contribution in [0.1, 0.15) is 15.9 Å². The zero-order chi connectivity index (χ0) is 15.5. The highest BCUT2D eigenvalue weighted by molar-refractivity contribution is 9.10. The van der Waals surface area contributed by atoms with Crippen LogP contribution in [-0.2, 0) is 20.3 Å². The average Bonchev–Trinajstić information content (AvgIpc) is 2.47. The monoisotopic (exact) mass is 368 g/mol. The van der Waals surface area contributed by atoms with Gasteiger partial charge in [-0.05, 0) is 39.7 Å². The Hall–Kier alpha value is -1.66. The summed E-state index contributed by atoms with van der Waals surface area (Å²) in [5, 5.41) is 0. The molecule has 2 rings (SSSR count). The number of methoxy groups -OCH3 is 1. The van der Waals surface area contributed by atoms with E-state index >= 15 is 0 Å². The first-order valence-electron chi connectivity index (χ1n) is 6.09. The van der Waals surface area contributed by atoms with E-state index in [9.17, 15) is 13.2 Å². The van der Waals surface area contributed by atoms with Crippen molar-refractivity contribution < 1.29 is 17.9 Å². The van der Waals surface area contributed by atoms with Crippen LogP contribution in [0.5, 0.6) is 0 Å². The largest absolute Gasteiger partial charge is 0.465 e. The Bertz CT molecular complexity index is 769. The molecule has 0 radical (unpaired) electrons. The predicted molar refractivity (Wildman–Crippen MR) is 82.8 cm³/mol. The second-order valence-electron chi connectivity index (χ2n) is 4.34. The molecule has 2 aromatic rings. The van der Waals surface area contributed by atoms with Gasteiger partial charge in [0.2, 0.25) is 0 Å². The van der Waals surface area contributed by atoms with Gasteiger partial charge in [0.05, 0.1) is 23.3 Å². The summed E-state index contributed by atoms with van der Waals surface area (Å²) in [6.07, 6.45) is 0. The van der Waals surface area contributed by atoms with Gasteiger partial charge in [-0.1, -0.05) is 30.3 Å². The molecule has 0 aromatic heterocycles. The molecular formula is C15H13BrO4S. The molecular weight excluding hydrogens is 356 g/mol. The van der Waals surface area contributed by atoms with Crippen molar-refractivity contribution in [3.05, 3.63) is 64.1 Å². The average molecular weight is 369 g/mol. The van der Waals surface area contributed by atoms with Gasteiger partial charge in [0, 0.05) is 4.47 Å². The maximum Gasteiger partial charge on any atom is 0.338 e. The predicted octanol–water partition coefficient (Wildman–Crippen LogP) is 3.21. The van der Waals surface area contributed by atoms with E-state index < -0.39 is 15.8 Å². The third kappa shape index (κ3) is 3.51. The van der Waals surface area contributed by atoms with Crippen LogP contribution in [0.3, 0.4) is 0 Å². The fourth-order valence-corrected chi connectivity index (χ4v) is 4.43. The highest BCUT2D eigenvalue weighted by Gasteiger charge is 2.21. The van der Waals surface area contributed by atoms with Crippen LogP contribution >= 0.6 is 15.9 Å². The van der Waals surface area contributed by atoms with Gasteiger partial charge in [-0.15, -0.1) is 0 Å². The molecule has 0 bridgehead atoms. The number of hydrogen-bond donors (Lipinski definition) is 0. The Morgan fingerprint density at radius 3 is 2.38 bits per heavy atom. The molecule has 0 unspecified atom stereocenters. The number of carbonyl (C=O) groups excluding carboxylic acids is 1. The maximum atomic E-state index is 12.5. The van der Waals surface area contributed by atoms with Crippen molar-refractivity contribution in [3.63, 3.8) is 0 Å². The van der Waals surface area contributed by atoms with E-state index in [1.165, 1.54) is 13.2 Å². The van der Waals surface area contributed by atoms with E-state index in [2.05, 4.69) is 20.7 Å². The molecule has 0 aliphatic rings. The molecule has 0 heterocycles. The number of hydrogen-bond acceptors (Lipinski definition) is 4. The van der Waals surface area contributed by atoms with Gasteiger partial charge in [-0.2, -0.15) is 0 Å². The molecule has 0 saturated carbocycles. The lowest BCUT2D eigenvalue weighted by Crippen LogP contribution is -2.11. The standard InChI is InChI=1S/C15H13BrO4S/c1-20-15(17)12-7-3-2-6-11(12)10-21(18,19)14-9-5-4-8-13(14)16/h2-9H,10H2,1H3. The van der Waals surface area contributed by atoms with E-state index in [1.54, 1.807) is 42.5 Å². The summed E-state index contributed by atoms with van der Waals surface area (Å²) >= 11 is 3.24. The van der Waals surface area contributed by atoms with Crippen molar-refractivity contribution in [2.24, 2.45) is 0 Å². The Balaban J connectivity index is 2.43. The van der Waals surface area contributed by atoms with Crippen LogP contribution in [0.4, 0.5) is 0 Å². The lowest BCUT2D eigenvalue weighted by atomic mass is 10.1. The topological polar surface area (TPSA) is 60.4 Å². The lowest BCUT2D eigenvalue weighted by Gasteiger charge is -2.10. The van der Waals surface area contributed by atoms with E-state index in [0.29, 0.717) is 10.0 Å². The lowest BCUT2D eigenvalue weighted by molar-refractivity contribution is 0.0600. The number of carbonyl (C=O) groups is 1. The third-order valence-electron chi connectivity index (χ3n) is 2.94. The van der Waals surface area contributed by atoms with Gasteiger partial charge in [0.25, 0.3) is 0 Å². The highest BCUT2D eigenvalue weighted by atomic mass is 79.9. The minimum absolute atomic E-state index is 0.199. The second-order valence-corrected chi connectivity index (χ2v) is 7.15. The summed E-state index contributed by atoms with van der Waals surface area (Å²) in [5.41, 5.74) is 0.677. The maximum absolute atomic E-state index is 12.5. The molecule has 110 valence electrons. The van der Waals surface area contributed by atoms with Crippen molar-refractivity contribution >= 4 is 31.7 Å². The number of rotatable bonds is 4. The van der Waals surface area contributed by atoms with Gasteiger partial charge in [0.15, 0.2) is 9.84 Å². The van der Waals surface area contributed by atoms with Crippen LogP contribution in [0, 0.1) is 0 Å². The summed E-state index contributed by atoms with van der Waals surface area (Å²) in [6, 6.07) is 13.1. The van der Waals surface area contributed by atoms with Gasteiger partial charge >= 0.3 is 5.97 Å². The van der Waals surface area contributed by atoms with Crippen molar-refractivity contribution in [1.29, 1.82) is 0 Å². The van der Waals surface area contributed by atoms with Crippen molar-refractivity contribution in [1.82, 2.24) is 0 Å². The third-order valence-corrected chi connectivity index (χ3v) is 5.61. The fourth-order valence-electron chi connectivity index (χ4n) is 1.93. The zero-order valence-electron chi connectivity index (χ0n) is 11.2. The zero-order valence-corrected chi connectivity index (χ0v) is 13.6. The number of ether oxygens (including phenoxy) is 1. The van der Waals surface area contributed by atoms with Crippen molar-refractivity contribution in [2.45, 2.75) is 10.6 Å². The molecule has 0 amide bonds. The molecule has 0 atom stereocenters. The highest BCUT2D eigenvalue weighted by Crippen LogP contribution is 2.25. The van der Waals surface area contributed by atoms with Crippen LogP contribution < -0.4 is 0 Å². The summed E-state index contributed by atoms with van der Waals surface area (Å²) in [4.78, 5) is 11.9. The Morgan fingerprint density at radius 1 is 1.10 bits per heavy atom. The van der Waals surface area contributed by atoms with Crippen LogP contribution in [-0.4, -0.2) is 21.5 Å². The SMILES string of the molecule is COC(=O)c1ccccc1CS(=O)(=O)c1ccccc1Br. The summed E-state index contributed by atoms with van der Waals surface area (Å²) < 4.78 is 30.2. The molecule has 2 aromatic carbocycles. The van der Waals surface area contributed by atoms with Gasteiger partial charge < -0.3 is 4.74 Å². The molecule has 0 spiro atoms. The molecule has 0 N–H and O–H groups in total. The normalized spacial score (nSPS) is 11.1. The fraction of sp³-hybridized carbons (Fsp3) is 0.133. The van der Waals surface area contributed by atoms with Crippen LogP contribution in [0.15, 0.2) is 57.9 Å².